The van der Waals surface area contributed by atoms with Gasteiger partial charge >= 0.3 is 0 Å². The molecule has 1 aromatic rings. The number of nitrogens with zero attached hydrogens (tertiary/aromatic N) is 2. The van der Waals surface area contributed by atoms with Gasteiger partial charge in [0.2, 0.25) is 0 Å². The number of ether oxygens (including phenoxy) is 1. The molecule has 1 fully saturated rings. The number of rotatable bonds is 8. The van der Waals surface area contributed by atoms with Gasteiger partial charge in [0, 0.05) is 38.3 Å². The van der Waals surface area contributed by atoms with E-state index in [9.17, 15) is 0 Å². The summed E-state index contributed by atoms with van der Waals surface area (Å²) in [6.45, 7) is 10.1. The summed E-state index contributed by atoms with van der Waals surface area (Å²) in [6, 6.07) is 7.07. The normalized spacial score (nSPS) is 15.7. The molecular formula is C17H29N3O. The van der Waals surface area contributed by atoms with Crippen LogP contribution in [0.4, 0.5) is 0 Å². The van der Waals surface area contributed by atoms with Crippen LogP contribution in [0.3, 0.4) is 0 Å². The van der Waals surface area contributed by atoms with Gasteiger partial charge in [0.15, 0.2) is 0 Å². The number of methoxy groups -OCH3 is 1. The van der Waals surface area contributed by atoms with Crippen LogP contribution in [0.15, 0.2) is 18.2 Å². The first-order valence-corrected chi connectivity index (χ1v) is 7.91. The number of hydrogen-bond acceptors (Lipinski definition) is 4. The summed E-state index contributed by atoms with van der Waals surface area (Å²) in [5, 5.41) is 3.49. The van der Waals surface area contributed by atoms with Crippen molar-refractivity contribution in [3.8, 4) is 0 Å². The zero-order valence-corrected chi connectivity index (χ0v) is 13.9. The summed E-state index contributed by atoms with van der Waals surface area (Å²) in [6.07, 6.45) is 2.63. The van der Waals surface area contributed by atoms with Gasteiger partial charge in [-0.2, -0.15) is 0 Å². The molecule has 0 amide bonds. The Morgan fingerprint density at radius 2 is 2.00 bits per heavy atom. The highest BCUT2D eigenvalue weighted by molar-refractivity contribution is 5.12. The average molecular weight is 291 g/mol. The Morgan fingerprint density at radius 1 is 1.29 bits per heavy atom. The van der Waals surface area contributed by atoms with Gasteiger partial charge in [-0.1, -0.05) is 6.07 Å². The highest BCUT2D eigenvalue weighted by atomic mass is 16.5. The lowest BCUT2D eigenvalue weighted by molar-refractivity contribution is 0.139. The van der Waals surface area contributed by atoms with Gasteiger partial charge in [-0.3, -0.25) is 9.88 Å². The van der Waals surface area contributed by atoms with E-state index in [2.05, 4.69) is 49.2 Å². The molecule has 0 unspecified atom stereocenters. The Balaban J connectivity index is 1.92. The molecule has 4 nitrogen and oxygen atoms in total. The van der Waals surface area contributed by atoms with E-state index in [-0.39, 0.29) is 5.54 Å². The van der Waals surface area contributed by atoms with Crippen LogP contribution in [0.25, 0.3) is 0 Å². The second-order valence-electron chi connectivity index (χ2n) is 6.92. The molecule has 1 saturated carbocycles. The number of pyridine rings is 1. The van der Waals surface area contributed by atoms with Crippen molar-refractivity contribution < 1.29 is 4.74 Å². The molecule has 1 heterocycles. The molecule has 118 valence electrons. The smallest absolute Gasteiger partial charge is 0.0589 e. The van der Waals surface area contributed by atoms with Crippen LogP contribution in [-0.2, 0) is 17.8 Å². The molecule has 0 aromatic carbocycles. The standard InChI is InChI=1S/C17H29N3O/c1-17(2,3)18-12-14-6-5-7-15(19-14)13-20(10-11-21-4)16-8-9-16/h5-7,16,18H,8-13H2,1-4H3. The monoisotopic (exact) mass is 291 g/mol. The van der Waals surface area contributed by atoms with E-state index >= 15 is 0 Å². The summed E-state index contributed by atoms with van der Waals surface area (Å²) in [5.41, 5.74) is 2.40. The van der Waals surface area contributed by atoms with Gasteiger partial charge in [0.05, 0.1) is 18.0 Å². The van der Waals surface area contributed by atoms with E-state index in [0.29, 0.717) is 0 Å². The third-order valence-corrected chi connectivity index (χ3v) is 3.68. The summed E-state index contributed by atoms with van der Waals surface area (Å²) >= 11 is 0. The van der Waals surface area contributed by atoms with Gasteiger partial charge in [0.1, 0.15) is 0 Å². The van der Waals surface area contributed by atoms with Crippen LogP contribution in [0.2, 0.25) is 0 Å². The van der Waals surface area contributed by atoms with E-state index in [1.807, 2.05) is 0 Å². The van der Waals surface area contributed by atoms with Crippen LogP contribution in [0.1, 0.15) is 45.0 Å². The average Bonchev–Trinajstić information content (AvgIpc) is 3.25. The number of hydrogen-bond donors (Lipinski definition) is 1. The summed E-state index contributed by atoms with van der Waals surface area (Å²) < 4.78 is 5.22. The van der Waals surface area contributed by atoms with Gasteiger partial charge in [-0.25, -0.2) is 0 Å². The Labute approximate surface area is 128 Å². The molecule has 4 heteroatoms. The first-order chi connectivity index (χ1) is 9.98. The van der Waals surface area contributed by atoms with Crippen LogP contribution in [0, 0.1) is 0 Å². The maximum atomic E-state index is 5.22. The molecule has 0 spiro atoms. The quantitative estimate of drug-likeness (QED) is 0.799. The number of nitrogens with one attached hydrogen (secondary N) is 1. The summed E-state index contributed by atoms with van der Waals surface area (Å²) in [7, 11) is 1.77. The van der Waals surface area contributed by atoms with Crippen molar-refractivity contribution in [2.45, 2.75) is 58.3 Å². The van der Waals surface area contributed by atoms with Gasteiger partial charge in [0.25, 0.3) is 0 Å². The first kappa shape index (κ1) is 16.4. The first-order valence-electron chi connectivity index (χ1n) is 7.91. The topological polar surface area (TPSA) is 37.4 Å². The lowest BCUT2D eigenvalue weighted by Crippen LogP contribution is -2.35. The minimum Gasteiger partial charge on any atom is -0.383 e. The molecule has 0 radical (unpaired) electrons. The maximum Gasteiger partial charge on any atom is 0.0589 e. The molecular weight excluding hydrogens is 262 g/mol. The minimum absolute atomic E-state index is 0.121. The van der Waals surface area contributed by atoms with E-state index in [0.717, 1.165) is 43.7 Å². The van der Waals surface area contributed by atoms with Crippen molar-refractivity contribution in [1.29, 1.82) is 0 Å². The Hall–Kier alpha value is -0.970. The van der Waals surface area contributed by atoms with E-state index in [1.54, 1.807) is 7.11 Å². The third kappa shape index (κ3) is 6.12. The fourth-order valence-corrected chi connectivity index (χ4v) is 2.32. The van der Waals surface area contributed by atoms with E-state index in [4.69, 9.17) is 9.72 Å². The van der Waals surface area contributed by atoms with Crippen LogP contribution < -0.4 is 5.32 Å². The molecule has 0 saturated heterocycles. The fraction of sp³-hybridized carbons (Fsp3) is 0.706. The van der Waals surface area contributed by atoms with Crippen molar-refractivity contribution >= 4 is 0 Å². The zero-order valence-electron chi connectivity index (χ0n) is 13.9. The highest BCUT2D eigenvalue weighted by Crippen LogP contribution is 2.27. The van der Waals surface area contributed by atoms with Crippen molar-refractivity contribution in [1.82, 2.24) is 15.2 Å². The lowest BCUT2D eigenvalue weighted by atomic mass is 10.1. The molecule has 0 aliphatic heterocycles. The predicted octanol–water partition coefficient (Wildman–Crippen LogP) is 2.58. The minimum atomic E-state index is 0.121. The molecule has 0 bridgehead atoms. The maximum absolute atomic E-state index is 5.22. The molecule has 1 aliphatic rings. The largest absolute Gasteiger partial charge is 0.383 e. The highest BCUT2D eigenvalue weighted by Gasteiger charge is 2.28. The summed E-state index contributed by atoms with van der Waals surface area (Å²) in [4.78, 5) is 7.28. The second-order valence-corrected chi connectivity index (χ2v) is 6.92. The fourth-order valence-electron chi connectivity index (χ4n) is 2.32. The van der Waals surface area contributed by atoms with Gasteiger partial charge in [-0.05, 0) is 45.7 Å². The molecule has 1 aliphatic carbocycles. The SMILES string of the molecule is COCCN(Cc1cccc(CNC(C)(C)C)n1)C1CC1. The van der Waals surface area contributed by atoms with Gasteiger partial charge < -0.3 is 10.1 Å². The van der Waals surface area contributed by atoms with Crippen LogP contribution in [0.5, 0.6) is 0 Å². The van der Waals surface area contributed by atoms with Crippen LogP contribution in [-0.4, -0.2) is 41.7 Å². The van der Waals surface area contributed by atoms with Crippen molar-refractivity contribution in [3.63, 3.8) is 0 Å². The van der Waals surface area contributed by atoms with Crippen molar-refractivity contribution in [2.75, 3.05) is 20.3 Å². The Morgan fingerprint density at radius 3 is 2.62 bits per heavy atom. The third-order valence-electron chi connectivity index (χ3n) is 3.68. The molecule has 2 rings (SSSR count). The Kier molecular flexibility index (Phi) is 5.73. The second kappa shape index (κ2) is 7.34. The lowest BCUT2D eigenvalue weighted by Gasteiger charge is -2.22. The predicted molar refractivity (Wildman–Crippen MR) is 86.1 cm³/mol. The van der Waals surface area contributed by atoms with E-state index in [1.165, 1.54) is 12.8 Å². The van der Waals surface area contributed by atoms with Gasteiger partial charge in [-0.15, -0.1) is 0 Å². The van der Waals surface area contributed by atoms with Crippen LogP contribution >= 0.6 is 0 Å². The zero-order chi connectivity index (χ0) is 15.3. The van der Waals surface area contributed by atoms with E-state index < -0.39 is 0 Å². The van der Waals surface area contributed by atoms with Crippen molar-refractivity contribution in [2.24, 2.45) is 0 Å². The Bertz CT molecular complexity index is 438. The molecule has 21 heavy (non-hydrogen) atoms. The summed E-state index contributed by atoms with van der Waals surface area (Å²) in [5.74, 6) is 0. The molecule has 1 aromatic heterocycles. The number of aromatic nitrogens is 1. The molecule has 1 N–H and O–H groups in total. The molecule has 0 atom stereocenters. The van der Waals surface area contributed by atoms with Crippen molar-refractivity contribution in [3.05, 3.63) is 29.6 Å².